The van der Waals surface area contributed by atoms with Crippen LogP contribution in [0.15, 0.2) is 60.2 Å². The van der Waals surface area contributed by atoms with Crippen molar-refractivity contribution in [3.8, 4) is 11.1 Å². The third-order valence-electron chi connectivity index (χ3n) is 6.55. The summed E-state index contributed by atoms with van der Waals surface area (Å²) in [7, 11) is 2.00. The maximum atomic E-state index is 13.2. The molecule has 1 amide bonds. The molecule has 170 valence electrons. The fourth-order valence-corrected chi connectivity index (χ4v) is 4.60. The Balaban J connectivity index is 1.40. The predicted molar refractivity (Wildman–Crippen MR) is 128 cm³/mol. The highest BCUT2D eigenvalue weighted by molar-refractivity contribution is 6.04. The molecular weight excluding hydrogens is 417 g/mol. The van der Waals surface area contributed by atoms with E-state index < -0.39 is 0 Å². The molecule has 7 heteroatoms. The quantitative estimate of drug-likeness (QED) is 0.591. The van der Waals surface area contributed by atoms with E-state index in [-0.39, 0.29) is 18.2 Å². The lowest BCUT2D eigenvalue weighted by Gasteiger charge is -2.26. The van der Waals surface area contributed by atoms with Gasteiger partial charge in [0.15, 0.2) is 0 Å². The number of carbonyl (C=O) groups excluding carboxylic acids is 1. The monoisotopic (exact) mass is 445 g/mol. The van der Waals surface area contributed by atoms with Crippen LogP contribution in [0.25, 0.3) is 21.9 Å². The zero-order valence-corrected chi connectivity index (χ0v) is 18.9. The zero-order valence-electron chi connectivity index (χ0n) is 18.9. The van der Waals surface area contributed by atoms with Gasteiger partial charge in [0.25, 0.3) is 5.91 Å². The number of carbonyl (C=O) groups is 1. The highest BCUT2D eigenvalue weighted by Crippen LogP contribution is 2.29. The number of rotatable bonds is 5. The lowest BCUT2D eigenvalue weighted by molar-refractivity contribution is -0.113. The first-order valence-electron chi connectivity index (χ1n) is 11.6. The number of hydrogen-bond donors (Lipinski definition) is 1. The van der Waals surface area contributed by atoms with Crippen LogP contribution < -0.4 is 5.32 Å². The molecule has 1 saturated heterocycles. The van der Waals surface area contributed by atoms with E-state index in [2.05, 4.69) is 38.5 Å². The van der Waals surface area contributed by atoms with Gasteiger partial charge in [-0.15, -0.1) is 0 Å². The Bertz CT molecular complexity index is 1250. The van der Waals surface area contributed by atoms with Gasteiger partial charge >= 0.3 is 0 Å². The number of aromatic nitrogens is 3. The van der Waals surface area contributed by atoms with E-state index in [9.17, 15) is 9.18 Å². The molecule has 0 radical (unpaired) electrons. The smallest absolute Gasteiger partial charge is 0.252 e. The first-order chi connectivity index (χ1) is 16.1. The molecule has 0 bridgehead atoms. The molecule has 1 aromatic carbocycles. The normalized spacial score (nSPS) is 17.0. The number of fused-ring (bicyclic) bond motifs is 1. The number of benzene rings is 1. The van der Waals surface area contributed by atoms with Crippen molar-refractivity contribution < 1.29 is 9.18 Å². The molecule has 0 unspecified atom stereocenters. The lowest BCUT2D eigenvalue weighted by Crippen LogP contribution is -2.30. The predicted octanol–water partition coefficient (Wildman–Crippen LogP) is 5.13. The molecule has 2 aliphatic rings. The van der Waals surface area contributed by atoms with Crippen molar-refractivity contribution in [1.82, 2.24) is 19.7 Å². The maximum Gasteiger partial charge on any atom is 0.252 e. The highest BCUT2D eigenvalue weighted by atomic mass is 19.1. The summed E-state index contributed by atoms with van der Waals surface area (Å²) in [6.07, 6.45) is 11.1. The molecule has 6 nitrogen and oxygen atoms in total. The molecule has 1 aliphatic carbocycles. The van der Waals surface area contributed by atoms with Crippen LogP contribution in [0.2, 0.25) is 0 Å². The summed E-state index contributed by atoms with van der Waals surface area (Å²) in [6.45, 7) is 3.16. The topological polar surface area (TPSA) is 63.1 Å². The second-order valence-electron chi connectivity index (χ2n) is 8.86. The van der Waals surface area contributed by atoms with Gasteiger partial charge in [0, 0.05) is 42.7 Å². The van der Waals surface area contributed by atoms with E-state index in [1.807, 2.05) is 24.0 Å². The molecule has 3 heterocycles. The van der Waals surface area contributed by atoms with Gasteiger partial charge in [-0.25, -0.2) is 9.37 Å². The molecule has 2 aromatic heterocycles. The van der Waals surface area contributed by atoms with Crippen molar-refractivity contribution in [3.63, 3.8) is 0 Å². The molecule has 1 aliphatic heterocycles. The highest BCUT2D eigenvalue weighted by Gasteiger charge is 2.18. The average molecular weight is 446 g/mol. The van der Waals surface area contributed by atoms with Crippen LogP contribution in [0, 0.1) is 0 Å². The Morgan fingerprint density at radius 2 is 1.91 bits per heavy atom. The number of nitrogens with zero attached hydrogens (tertiary/aromatic N) is 4. The number of pyridine rings is 1. The third-order valence-corrected chi connectivity index (χ3v) is 6.55. The van der Waals surface area contributed by atoms with Crippen LogP contribution in [0.4, 0.5) is 10.2 Å². The standard InChI is InChI=1S/C26H28FN5O/c1-31-24(17-32-11-3-2-4-12-32)23(16-29-31)19-5-6-20-15-28-25(14-21(20)13-19)30-26(33)18-7-9-22(27)10-8-18/h5-7,9,13-16H,2-4,8,10-12,17H2,1H3,(H,28,30,33). The number of nitrogens with one attached hydrogen (secondary N) is 1. The van der Waals surface area contributed by atoms with E-state index in [1.54, 1.807) is 12.3 Å². The lowest BCUT2D eigenvalue weighted by atomic mass is 10.0. The number of amides is 1. The zero-order chi connectivity index (χ0) is 22.8. The second-order valence-corrected chi connectivity index (χ2v) is 8.86. The second kappa shape index (κ2) is 9.27. The molecule has 1 fully saturated rings. The van der Waals surface area contributed by atoms with E-state index >= 15 is 0 Å². The first kappa shape index (κ1) is 21.5. The van der Waals surface area contributed by atoms with Crippen LogP contribution in [-0.2, 0) is 18.4 Å². The summed E-state index contributed by atoms with van der Waals surface area (Å²) < 4.78 is 15.2. The van der Waals surface area contributed by atoms with Gasteiger partial charge in [-0.2, -0.15) is 5.10 Å². The third kappa shape index (κ3) is 4.73. The Labute approximate surface area is 192 Å². The number of halogens is 1. The van der Waals surface area contributed by atoms with E-state index in [0.717, 1.165) is 41.5 Å². The maximum absolute atomic E-state index is 13.2. The van der Waals surface area contributed by atoms with Gasteiger partial charge < -0.3 is 5.32 Å². The van der Waals surface area contributed by atoms with Crippen LogP contribution in [0.5, 0.6) is 0 Å². The van der Waals surface area contributed by atoms with Gasteiger partial charge in [0.2, 0.25) is 0 Å². The van der Waals surface area contributed by atoms with E-state index in [4.69, 9.17) is 0 Å². The number of hydrogen-bond acceptors (Lipinski definition) is 4. The summed E-state index contributed by atoms with van der Waals surface area (Å²) in [4.78, 5) is 19.4. The largest absolute Gasteiger partial charge is 0.307 e. The van der Waals surface area contributed by atoms with Crippen molar-refractivity contribution in [1.29, 1.82) is 0 Å². The number of allylic oxidation sites excluding steroid dienone is 3. The Kier molecular flexibility index (Phi) is 6.05. The van der Waals surface area contributed by atoms with Crippen molar-refractivity contribution in [2.45, 2.75) is 38.6 Å². The molecule has 0 spiro atoms. The molecule has 0 atom stereocenters. The minimum atomic E-state index is -0.238. The molecule has 0 saturated carbocycles. The fraction of sp³-hybridized carbons (Fsp3) is 0.346. The summed E-state index contributed by atoms with van der Waals surface area (Å²) in [5, 5.41) is 9.38. The van der Waals surface area contributed by atoms with E-state index in [1.165, 1.54) is 31.0 Å². The van der Waals surface area contributed by atoms with Crippen LogP contribution in [0.1, 0.15) is 37.8 Å². The first-order valence-corrected chi connectivity index (χ1v) is 11.6. The molecule has 3 aromatic rings. The molecular formula is C26H28FN5O. The summed E-state index contributed by atoms with van der Waals surface area (Å²) >= 11 is 0. The van der Waals surface area contributed by atoms with Crippen molar-refractivity contribution in [3.05, 3.63) is 65.9 Å². The SMILES string of the molecule is Cn1ncc(-c2ccc3cnc(NC(=O)C4=CC=C(F)CC4)cc3c2)c1CN1CCCCC1. The minimum Gasteiger partial charge on any atom is -0.307 e. The Morgan fingerprint density at radius 3 is 2.70 bits per heavy atom. The van der Waals surface area contributed by atoms with Gasteiger partial charge in [0.05, 0.1) is 11.9 Å². The number of likely N-dealkylation sites (tertiary alicyclic amines) is 1. The summed E-state index contributed by atoms with van der Waals surface area (Å²) in [6, 6.07) is 8.17. The minimum absolute atomic E-state index is 0.196. The summed E-state index contributed by atoms with van der Waals surface area (Å²) in [5.41, 5.74) is 4.00. The number of anilines is 1. The molecule has 1 N–H and O–H groups in total. The van der Waals surface area contributed by atoms with Crippen molar-refractivity contribution >= 4 is 22.5 Å². The van der Waals surface area contributed by atoms with Crippen molar-refractivity contribution in [2.75, 3.05) is 18.4 Å². The van der Waals surface area contributed by atoms with Gasteiger partial charge in [0.1, 0.15) is 11.6 Å². The van der Waals surface area contributed by atoms with Gasteiger partial charge in [-0.05, 0) is 61.5 Å². The number of piperidine rings is 1. The van der Waals surface area contributed by atoms with Gasteiger partial charge in [-0.3, -0.25) is 14.4 Å². The summed E-state index contributed by atoms with van der Waals surface area (Å²) in [5.74, 6) is 0.0519. The van der Waals surface area contributed by atoms with Crippen molar-refractivity contribution in [2.24, 2.45) is 7.05 Å². The number of aryl methyl sites for hydroxylation is 1. The Hall–Kier alpha value is -3.32. The fourth-order valence-electron chi connectivity index (χ4n) is 4.60. The van der Waals surface area contributed by atoms with E-state index in [0.29, 0.717) is 17.8 Å². The molecule has 33 heavy (non-hydrogen) atoms. The van der Waals surface area contributed by atoms with Crippen LogP contribution >= 0.6 is 0 Å². The average Bonchev–Trinajstić information content (AvgIpc) is 3.19. The van der Waals surface area contributed by atoms with Crippen LogP contribution in [0.3, 0.4) is 0 Å². The van der Waals surface area contributed by atoms with Crippen LogP contribution in [-0.4, -0.2) is 38.7 Å². The molecule has 5 rings (SSSR count). The van der Waals surface area contributed by atoms with Gasteiger partial charge in [-0.1, -0.05) is 24.6 Å². The Morgan fingerprint density at radius 1 is 1.06 bits per heavy atom.